The number of carboxylic acids is 1. The molecule has 3 rings (SSSR count). The minimum absolute atomic E-state index is 0.139. The van der Waals surface area contributed by atoms with Gasteiger partial charge in [-0.2, -0.15) is 0 Å². The van der Waals surface area contributed by atoms with E-state index in [4.69, 9.17) is 0 Å². The van der Waals surface area contributed by atoms with E-state index in [0.29, 0.717) is 11.8 Å². The van der Waals surface area contributed by atoms with Gasteiger partial charge in [-0.05, 0) is 62.7 Å². The molecule has 0 aromatic heterocycles. The van der Waals surface area contributed by atoms with Gasteiger partial charge in [-0.1, -0.05) is 38.0 Å². The fraction of sp³-hybridized carbons (Fsp3) is 0.750. The van der Waals surface area contributed by atoms with Gasteiger partial charge in [0.05, 0.1) is 5.41 Å². The summed E-state index contributed by atoms with van der Waals surface area (Å²) in [7, 11) is 0. The fourth-order valence-corrected chi connectivity index (χ4v) is 5.94. The lowest BCUT2D eigenvalue weighted by molar-refractivity contribution is -0.164. The molecule has 0 spiro atoms. The first-order chi connectivity index (χ1) is 10.3. The number of allylic oxidation sites excluding steroid dienone is 3. The zero-order valence-electron chi connectivity index (χ0n) is 14.3. The molecule has 0 amide bonds. The lowest BCUT2D eigenvalue weighted by Gasteiger charge is -2.59. The van der Waals surface area contributed by atoms with Gasteiger partial charge in [-0.25, -0.2) is 0 Å². The van der Waals surface area contributed by atoms with Crippen LogP contribution in [-0.2, 0) is 4.79 Å². The summed E-state index contributed by atoms with van der Waals surface area (Å²) < 4.78 is 0. The molecule has 2 fully saturated rings. The average Bonchev–Trinajstić information content (AvgIpc) is 2.46. The molecular formula is C20H30O2. The summed E-state index contributed by atoms with van der Waals surface area (Å²) in [4.78, 5) is 12.0. The Morgan fingerprint density at radius 1 is 1.27 bits per heavy atom. The highest BCUT2D eigenvalue weighted by Crippen LogP contribution is 2.63. The Morgan fingerprint density at radius 3 is 2.64 bits per heavy atom. The Balaban J connectivity index is 1.99. The SMILES string of the molecule is C=C[C@@]1(C)C=C2CCC3[C@](C)(C(=O)O)CCC[C@]3(C)[C@@H]2CC1. The highest BCUT2D eigenvalue weighted by atomic mass is 16.4. The second-order valence-corrected chi connectivity index (χ2v) is 8.69. The fourth-order valence-electron chi connectivity index (χ4n) is 5.94. The first kappa shape index (κ1) is 15.8. The van der Waals surface area contributed by atoms with Crippen molar-refractivity contribution >= 4 is 5.97 Å². The number of rotatable bonds is 2. The number of carboxylic acid groups (broad SMARTS) is 1. The first-order valence-electron chi connectivity index (χ1n) is 8.84. The minimum atomic E-state index is -0.581. The molecule has 1 unspecified atom stereocenters. The van der Waals surface area contributed by atoms with Crippen LogP contribution in [0.4, 0.5) is 0 Å². The Labute approximate surface area is 134 Å². The average molecular weight is 302 g/mol. The molecular weight excluding hydrogens is 272 g/mol. The maximum absolute atomic E-state index is 12.0. The smallest absolute Gasteiger partial charge is 0.309 e. The number of fused-ring (bicyclic) bond motifs is 3. The van der Waals surface area contributed by atoms with E-state index in [1.165, 1.54) is 12.8 Å². The molecule has 3 aliphatic rings. The summed E-state index contributed by atoms with van der Waals surface area (Å²) >= 11 is 0. The second-order valence-electron chi connectivity index (χ2n) is 8.69. The van der Waals surface area contributed by atoms with E-state index in [9.17, 15) is 9.90 Å². The molecule has 2 nitrogen and oxygen atoms in total. The molecule has 0 saturated heterocycles. The third kappa shape index (κ3) is 2.10. The molecule has 0 radical (unpaired) electrons. The standard InChI is InChI=1S/C20H30O2/c1-5-18(2)12-9-15-14(13-18)7-8-16-19(15,3)10-6-11-20(16,4)17(21)22/h5,13,15-16H,1,6-12H2,2-4H3,(H,21,22)/t15-,16?,18-,19-,20-/m1/s1. The monoisotopic (exact) mass is 302 g/mol. The third-order valence-electron chi connectivity index (χ3n) is 7.38. The van der Waals surface area contributed by atoms with Crippen molar-refractivity contribution in [3.05, 3.63) is 24.3 Å². The summed E-state index contributed by atoms with van der Waals surface area (Å²) in [6, 6.07) is 0. The molecule has 0 bridgehead atoms. The van der Waals surface area contributed by atoms with Gasteiger partial charge in [-0.3, -0.25) is 4.79 Å². The van der Waals surface area contributed by atoms with Crippen molar-refractivity contribution in [3.63, 3.8) is 0 Å². The summed E-state index contributed by atoms with van der Waals surface area (Å²) in [5.41, 5.74) is 1.36. The molecule has 2 saturated carbocycles. The molecule has 5 atom stereocenters. The van der Waals surface area contributed by atoms with Crippen molar-refractivity contribution in [2.45, 2.75) is 65.7 Å². The van der Waals surface area contributed by atoms with E-state index in [0.717, 1.165) is 32.1 Å². The van der Waals surface area contributed by atoms with E-state index in [-0.39, 0.29) is 10.8 Å². The molecule has 0 aromatic rings. The van der Waals surface area contributed by atoms with Crippen LogP contribution in [0.2, 0.25) is 0 Å². The van der Waals surface area contributed by atoms with Crippen LogP contribution in [0.15, 0.2) is 24.3 Å². The number of carbonyl (C=O) groups is 1. The quantitative estimate of drug-likeness (QED) is 0.711. The van der Waals surface area contributed by atoms with Crippen LogP contribution < -0.4 is 0 Å². The van der Waals surface area contributed by atoms with Gasteiger partial charge in [0.2, 0.25) is 0 Å². The summed E-state index contributed by atoms with van der Waals surface area (Å²) in [5, 5.41) is 9.84. The molecule has 0 heterocycles. The molecule has 122 valence electrons. The highest BCUT2D eigenvalue weighted by molar-refractivity contribution is 5.75. The molecule has 22 heavy (non-hydrogen) atoms. The third-order valence-corrected chi connectivity index (χ3v) is 7.38. The van der Waals surface area contributed by atoms with Gasteiger partial charge in [0.1, 0.15) is 0 Å². The summed E-state index contributed by atoms with van der Waals surface area (Å²) in [6.07, 6.45) is 12.1. The van der Waals surface area contributed by atoms with Crippen LogP contribution in [0.1, 0.15) is 65.7 Å². The van der Waals surface area contributed by atoms with Crippen molar-refractivity contribution in [3.8, 4) is 0 Å². The molecule has 3 aliphatic carbocycles. The van der Waals surface area contributed by atoms with Gasteiger partial charge in [0.15, 0.2) is 0 Å². The Hall–Kier alpha value is -1.05. The maximum Gasteiger partial charge on any atom is 0.309 e. The number of aliphatic carboxylic acids is 1. The van der Waals surface area contributed by atoms with Crippen molar-refractivity contribution < 1.29 is 9.90 Å². The van der Waals surface area contributed by atoms with Crippen LogP contribution in [0, 0.1) is 28.1 Å². The van der Waals surface area contributed by atoms with Gasteiger partial charge >= 0.3 is 5.97 Å². The van der Waals surface area contributed by atoms with E-state index >= 15 is 0 Å². The topological polar surface area (TPSA) is 37.3 Å². The largest absolute Gasteiger partial charge is 0.481 e. The van der Waals surface area contributed by atoms with Crippen molar-refractivity contribution in [1.82, 2.24) is 0 Å². The maximum atomic E-state index is 12.0. The van der Waals surface area contributed by atoms with Gasteiger partial charge in [0.25, 0.3) is 0 Å². The van der Waals surface area contributed by atoms with E-state index in [1.807, 2.05) is 6.92 Å². The Kier molecular flexibility index (Phi) is 3.58. The lowest BCUT2D eigenvalue weighted by Crippen LogP contribution is -2.54. The van der Waals surface area contributed by atoms with Crippen molar-refractivity contribution in [2.75, 3.05) is 0 Å². The van der Waals surface area contributed by atoms with Crippen LogP contribution >= 0.6 is 0 Å². The number of hydrogen-bond acceptors (Lipinski definition) is 1. The Morgan fingerprint density at radius 2 is 2.00 bits per heavy atom. The molecule has 0 aliphatic heterocycles. The van der Waals surface area contributed by atoms with Crippen LogP contribution in [0.25, 0.3) is 0 Å². The summed E-state index contributed by atoms with van der Waals surface area (Å²) in [6.45, 7) is 10.7. The summed E-state index contributed by atoms with van der Waals surface area (Å²) in [5.74, 6) is 0.322. The Bertz CT molecular complexity index is 534. The molecule has 0 aromatic carbocycles. The predicted octanol–water partition coefficient (Wildman–Crippen LogP) is 5.21. The van der Waals surface area contributed by atoms with Crippen LogP contribution in [0.3, 0.4) is 0 Å². The minimum Gasteiger partial charge on any atom is -0.481 e. The van der Waals surface area contributed by atoms with Gasteiger partial charge in [-0.15, -0.1) is 6.58 Å². The van der Waals surface area contributed by atoms with Crippen LogP contribution in [-0.4, -0.2) is 11.1 Å². The van der Waals surface area contributed by atoms with Gasteiger partial charge in [0, 0.05) is 5.41 Å². The molecule has 1 N–H and O–H groups in total. The van der Waals surface area contributed by atoms with Crippen molar-refractivity contribution in [1.29, 1.82) is 0 Å². The second kappa shape index (κ2) is 4.97. The predicted molar refractivity (Wildman–Crippen MR) is 89.5 cm³/mol. The normalized spacial score (nSPS) is 47.9. The first-order valence-corrected chi connectivity index (χ1v) is 8.84. The van der Waals surface area contributed by atoms with Crippen molar-refractivity contribution in [2.24, 2.45) is 28.1 Å². The number of hydrogen-bond donors (Lipinski definition) is 1. The zero-order valence-corrected chi connectivity index (χ0v) is 14.3. The molecule has 2 heteroatoms. The lowest BCUT2D eigenvalue weighted by atomic mass is 9.45. The zero-order chi connectivity index (χ0) is 16.2. The van der Waals surface area contributed by atoms with Gasteiger partial charge < -0.3 is 5.11 Å². The van der Waals surface area contributed by atoms with E-state index < -0.39 is 11.4 Å². The van der Waals surface area contributed by atoms with E-state index in [2.05, 4.69) is 32.6 Å². The highest BCUT2D eigenvalue weighted by Gasteiger charge is 2.58. The van der Waals surface area contributed by atoms with Crippen LogP contribution in [0.5, 0.6) is 0 Å². The van der Waals surface area contributed by atoms with E-state index in [1.54, 1.807) is 5.57 Å².